The van der Waals surface area contributed by atoms with Gasteiger partial charge in [-0.3, -0.25) is 19.7 Å². The van der Waals surface area contributed by atoms with Crippen molar-refractivity contribution in [1.29, 1.82) is 0 Å². The maximum atomic E-state index is 12.7. The number of nitro groups is 1. The minimum atomic E-state index is -0.460. The number of aryl methyl sites for hydroxylation is 4. The van der Waals surface area contributed by atoms with Crippen molar-refractivity contribution >= 4 is 39.0 Å². The van der Waals surface area contributed by atoms with Gasteiger partial charge in [-0.05, 0) is 38.0 Å². The number of aromatic nitrogens is 2. The molecule has 0 aliphatic carbocycles. The van der Waals surface area contributed by atoms with Crippen LogP contribution >= 0.6 is 11.3 Å². The monoisotopic (exact) mass is 462 g/mol. The summed E-state index contributed by atoms with van der Waals surface area (Å²) in [6, 6.07) is 11.9. The summed E-state index contributed by atoms with van der Waals surface area (Å²) in [6.45, 7) is 6.15. The summed E-state index contributed by atoms with van der Waals surface area (Å²) in [6.07, 6.45) is 0.108. The molecule has 0 aliphatic rings. The second kappa shape index (κ2) is 8.95. The zero-order chi connectivity index (χ0) is 23.7. The zero-order valence-electron chi connectivity index (χ0n) is 18.4. The number of carbonyl (C=O) groups excluding carboxylic acids is 1. The minimum absolute atomic E-state index is 0.0210. The average molecular weight is 463 g/mol. The largest absolute Gasteiger partial charge is 0.307 e. The summed E-state index contributed by atoms with van der Waals surface area (Å²) in [5.41, 5.74) is 4.87. The van der Waals surface area contributed by atoms with E-state index in [0.717, 1.165) is 27.6 Å². The Labute approximate surface area is 193 Å². The molecule has 2 aromatic heterocycles. The van der Waals surface area contributed by atoms with E-state index in [-0.39, 0.29) is 30.1 Å². The molecule has 0 saturated carbocycles. The number of thiazole rings is 1. The van der Waals surface area contributed by atoms with Crippen molar-refractivity contribution in [2.75, 3.05) is 5.32 Å². The molecule has 1 amide bonds. The highest BCUT2D eigenvalue weighted by atomic mass is 32.1. The van der Waals surface area contributed by atoms with E-state index in [1.165, 1.54) is 23.5 Å². The highest BCUT2D eigenvalue weighted by Crippen LogP contribution is 2.28. The van der Waals surface area contributed by atoms with E-state index >= 15 is 0 Å². The molecule has 8 nitrogen and oxygen atoms in total. The second-order valence-corrected chi connectivity index (χ2v) is 8.80. The summed E-state index contributed by atoms with van der Waals surface area (Å²) in [5.74, 6) is -0.264. The lowest BCUT2D eigenvalue weighted by molar-refractivity contribution is -0.384. The predicted octanol–water partition coefficient (Wildman–Crippen LogP) is 4.99. The van der Waals surface area contributed by atoms with Crippen molar-refractivity contribution < 1.29 is 9.72 Å². The van der Waals surface area contributed by atoms with Gasteiger partial charge in [-0.2, -0.15) is 0 Å². The van der Waals surface area contributed by atoms with Crippen LogP contribution in [-0.2, 0) is 11.3 Å². The van der Waals surface area contributed by atoms with Crippen LogP contribution in [0.2, 0.25) is 0 Å². The van der Waals surface area contributed by atoms with Crippen LogP contribution in [0, 0.1) is 30.9 Å². The van der Waals surface area contributed by atoms with Gasteiger partial charge in [0, 0.05) is 47.5 Å². The molecule has 9 heteroatoms. The number of nitrogens with one attached hydrogen (secondary N) is 1. The van der Waals surface area contributed by atoms with Crippen molar-refractivity contribution in [2.45, 2.75) is 33.7 Å². The molecule has 2 heterocycles. The Morgan fingerprint density at radius 1 is 1.15 bits per heavy atom. The smallest absolute Gasteiger partial charge is 0.270 e. The molecule has 4 aromatic rings. The molecule has 1 N–H and O–H groups in total. The summed E-state index contributed by atoms with van der Waals surface area (Å²) >= 11 is 1.24. The fourth-order valence-electron chi connectivity index (χ4n) is 3.93. The van der Waals surface area contributed by atoms with Crippen molar-refractivity contribution in [1.82, 2.24) is 9.55 Å². The number of carbonyl (C=O) groups is 1. The van der Waals surface area contributed by atoms with Crippen LogP contribution in [0.3, 0.4) is 0 Å². The first-order valence-electron chi connectivity index (χ1n) is 10.3. The van der Waals surface area contributed by atoms with E-state index in [1.54, 1.807) is 28.1 Å². The van der Waals surface area contributed by atoms with Gasteiger partial charge < -0.3 is 9.88 Å². The number of fused-ring (bicyclic) bond motifs is 1. The molecule has 0 fully saturated rings. The normalized spacial score (nSPS) is 11.0. The number of amides is 1. The number of pyridine rings is 1. The molecule has 0 aliphatic heterocycles. The molecule has 2 aromatic carbocycles. The van der Waals surface area contributed by atoms with Crippen molar-refractivity contribution in [3.8, 4) is 11.3 Å². The Morgan fingerprint density at radius 3 is 2.70 bits per heavy atom. The molecule has 0 spiro atoms. The third kappa shape index (κ3) is 4.68. The number of nitro benzene ring substituents is 1. The molecule has 33 heavy (non-hydrogen) atoms. The fourth-order valence-corrected chi connectivity index (χ4v) is 4.67. The Bertz CT molecular complexity index is 1450. The highest BCUT2D eigenvalue weighted by Gasteiger charge is 2.14. The van der Waals surface area contributed by atoms with Crippen LogP contribution in [0.1, 0.15) is 23.1 Å². The summed E-state index contributed by atoms with van der Waals surface area (Å²) < 4.78 is 1.65. The molecule has 0 bridgehead atoms. The van der Waals surface area contributed by atoms with Crippen molar-refractivity contribution in [2.24, 2.45) is 0 Å². The van der Waals surface area contributed by atoms with Crippen LogP contribution in [0.5, 0.6) is 0 Å². The van der Waals surface area contributed by atoms with E-state index < -0.39 is 4.92 Å². The Kier molecular flexibility index (Phi) is 6.06. The van der Waals surface area contributed by atoms with E-state index in [1.807, 2.05) is 26.8 Å². The van der Waals surface area contributed by atoms with Gasteiger partial charge >= 0.3 is 0 Å². The van der Waals surface area contributed by atoms with Crippen molar-refractivity contribution in [3.05, 3.63) is 85.0 Å². The lowest BCUT2D eigenvalue weighted by Crippen LogP contribution is -2.24. The maximum absolute atomic E-state index is 12.7. The molecule has 0 atom stereocenters. The van der Waals surface area contributed by atoms with Crippen LogP contribution in [0.25, 0.3) is 22.2 Å². The number of non-ortho nitro benzene ring substituents is 1. The second-order valence-electron chi connectivity index (χ2n) is 7.94. The molecule has 0 unspecified atom stereocenters. The molecule has 0 radical (unpaired) electrons. The van der Waals surface area contributed by atoms with Crippen molar-refractivity contribution in [3.63, 3.8) is 0 Å². The number of nitrogens with zero attached hydrogens (tertiary/aromatic N) is 3. The highest BCUT2D eigenvalue weighted by molar-refractivity contribution is 7.14. The van der Waals surface area contributed by atoms with Crippen LogP contribution in [0.15, 0.2) is 52.6 Å². The van der Waals surface area contributed by atoms with E-state index in [4.69, 9.17) is 0 Å². The van der Waals surface area contributed by atoms with Gasteiger partial charge in [0.25, 0.3) is 11.2 Å². The Balaban J connectivity index is 1.50. The van der Waals surface area contributed by atoms with E-state index in [0.29, 0.717) is 16.4 Å². The van der Waals surface area contributed by atoms with E-state index in [9.17, 15) is 19.7 Å². The summed E-state index contributed by atoms with van der Waals surface area (Å²) in [7, 11) is 0. The molecular weight excluding hydrogens is 440 g/mol. The third-order valence-electron chi connectivity index (χ3n) is 5.41. The zero-order valence-corrected chi connectivity index (χ0v) is 19.2. The fraction of sp³-hybridized carbons (Fsp3) is 0.208. The molecule has 168 valence electrons. The van der Waals surface area contributed by atoms with Crippen LogP contribution < -0.4 is 10.9 Å². The Hall–Kier alpha value is -3.85. The lowest BCUT2D eigenvalue weighted by Gasteiger charge is -2.15. The van der Waals surface area contributed by atoms with Gasteiger partial charge in [0.1, 0.15) is 0 Å². The van der Waals surface area contributed by atoms with Gasteiger partial charge in [0.2, 0.25) is 5.91 Å². The number of anilines is 1. The first-order valence-corrected chi connectivity index (χ1v) is 11.2. The minimum Gasteiger partial charge on any atom is -0.307 e. The number of benzene rings is 2. The van der Waals surface area contributed by atoms with E-state index in [2.05, 4.69) is 16.4 Å². The topological polar surface area (TPSA) is 107 Å². The third-order valence-corrected chi connectivity index (χ3v) is 6.17. The molecular formula is C24H22N4O4S. The van der Waals surface area contributed by atoms with Gasteiger partial charge in [-0.25, -0.2) is 4.98 Å². The summed E-state index contributed by atoms with van der Waals surface area (Å²) in [4.78, 5) is 40.2. The van der Waals surface area contributed by atoms with Gasteiger partial charge in [0.05, 0.1) is 16.1 Å². The first-order chi connectivity index (χ1) is 15.7. The summed E-state index contributed by atoms with van der Waals surface area (Å²) in [5, 5.41) is 16.9. The van der Waals surface area contributed by atoms with Gasteiger partial charge in [-0.15, -0.1) is 11.3 Å². The van der Waals surface area contributed by atoms with Crippen LogP contribution in [0.4, 0.5) is 10.8 Å². The number of rotatable bonds is 6. The average Bonchev–Trinajstić information content (AvgIpc) is 3.22. The van der Waals surface area contributed by atoms with Crippen LogP contribution in [-0.4, -0.2) is 20.4 Å². The SMILES string of the molecule is Cc1cc(C)c2c(c1)c(C)cc(=O)n2CCC(=O)Nc1nc(-c2cccc([N+](=O)[O-])c2)cs1. The lowest BCUT2D eigenvalue weighted by atomic mass is 10.0. The van der Waals surface area contributed by atoms with Gasteiger partial charge in [0.15, 0.2) is 5.13 Å². The maximum Gasteiger partial charge on any atom is 0.270 e. The Morgan fingerprint density at radius 2 is 1.94 bits per heavy atom. The molecule has 4 rings (SSSR count). The van der Waals surface area contributed by atoms with Gasteiger partial charge in [-0.1, -0.05) is 23.8 Å². The predicted molar refractivity (Wildman–Crippen MR) is 130 cm³/mol. The quantitative estimate of drug-likeness (QED) is 0.321. The first kappa shape index (κ1) is 22.3. The molecule has 0 saturated heterocycles. The number of hydrogen-bond acceptors (Lipinski definition) is 6. The number of hydrogen-bond donors (Lipinski definition) is 1. The standard InChI is InChI=1S/C24H22N4O4S/c1-14-9-16(3)23-19(10-14)15(2)11-22(30)27(23)8-7-21(29)26-24-25-20(13-33-24)17-5-4-6-18(12-17)28(31)32/h4-6,9-13H,7-8H2,1-3H3,(H,25,26,29).